The van der Waals surface area contributed by atoms with Crippen molar-refractivity contribution < 1.29 is 9.18 Å². The Hall–Kier alpha value is -3.03. The number of nitrogens with one attached hydrogen (secondary N) is 1. The minimum Gasteiger partial charge on any atom is -0.349 e. The normalized spacial score (nSPS) is 12.4. The third-order valence-corrected chi connectivity index (χ3v) is 6.49. The SMILES string of the molecule is Cc1nn(Cc2ccc(F)cc2)c2sc(C(=O)NC[C@@H](c3ccccc3)N(C)C)cc12. The molecule has 0 saturated heterocycles. The van der Waals surface area contributed by atoms with Crippen molar-refractivity contribution in [3.8, 4) is 0 Å². The van der Waals surface area contributed by atoms with Gasteiger partial charge in [-0.1, -0.05) is 42.5 Å². The summed E-state index contributed by atoms with van der Waals surface area (Å²) in [6.45, 7) is 2.99. The number of nitrogens with zero attached hydrogens (tertiary/aromatic N) is 3. The number of amides is 1. The van der Waals surface area contributed by atoms with Gasteiger partial charge in [0, 0.05) is 11.9 Å². The molecule has 0 aliphatic carbocycles. The van der Waals surface area contributed by atoms with Crippen LogP contribution in [0.25, 0.3) is 10.2 Å². The Morgan fingerprint density at radius 2 is 1.87 bits per heavy atom. The van der Waals surface area contributed by atoms with Crippen LogP contribution >= 0.6 is 11.3 Å². The molecular weight excluding hydrogens is 411 g/mol. The zero-order chi connectivity index (χ0) is 22.0. The number of fused-ring (bicyclic) bond motifs is 1. The van der Waals surface area contributed by atoms with Crippen LogP contribution < -0.4 is 5.32 Å². The van der Waals surface area contributed by atoms with Gasteiger partial charge < -0.3 is 10.2 Å². The van der Waals surface area contributed by atoms with Gasteiger partial charge in [-0.2, -0.15) is 5.10 Å². The number of carbonyl (C=O) groups excluding carboxylic acids is 1. The van der Waals surface area contributed by atoms with Crippen LogP contribution in [-0.4, -0.2) is 41.2 Å². The molecule has 0 spiro atoms. The van der Waals surface area contributed by atoms with Crippen molar-refractivity contribution >= 4 is 27.5 Å². The van der Waals surface area contributed by atoms with E-state index in [1.54, 1.807) is 12.1 Å². The highest BCUT2D eigenvalue weighted by Gasteiger charge is 2.19. The summed E-state index contributed by atoms with van der Waals surface area (Å²) in [5.74, 6) is -0.344. The van der Waals surface area contributed by atoms with Crippen LogP contribution in [0, 0.1) is 12.7 Å². The second kappa shape index (κ2) is 8.99. The maximum absolute atomic E-state index is 13.2. The lowest BCUT2D eigenvalue weighted by Crippen LogP contribution is -2.34. The third kappa shape index (κ3) is 4.68. The van der Waals surface area contributed by atoms with Gasteiger partial charge in [0.05, 0.1) is 23.2 Å². The number of thiophene rings is 1. The molecule has 2 aromatic carbocycles. The second-order valence-electron chi connectivity index (χ2n) is 7.80. The number of benzene rings is 2. The van der Waals surface area contributed by atoms with E-state index >= 15 is 0 Å². The van der Waals surface area contributed by atoms with E-state index < -0.39 is 0 Å². The molecule has 0 fully saturated rings. The molecule has 0 radical (unpaired) electrons. The average Bonchev–Trinajstić information content (AvgIpc) is 3.32. The van der Waals surface area contributed by atoms with Crippen LogP contribution in [0.5, 0.6) is 0 Å². The maximum atomic E-state index is 13.2. The monoisotopic (exact) mass is 436 g/mol. The van der Waals surface area contributed by atoms with Gasteiger partial charge in [-0.25, -0.2) is 4.39 Å². The average molecular weight is 437 g/mol. The van der Waals surface area contributed by atoms with Crippen LogP contribution in [-0.2, 0) is 6.54 Å². The zero-order valence-electron chi connectivity index (χ0n) is 17.8. The molecule has 160 valence electrons. The molecule has 5 nitrogen and oxygen atoms in total. The molecule has 0 aliphatic rings. The van der Waals surface area contributed by atoms with Gasteiger partial charge in [-0.15, -0.1) is 11.3 Å². The van der Waals surface area contributed by atoms with Crippen molar-refractivity contribution in [1.29, 1.82) is 0 Å². The van der Waals surface area contributed by atoms with E-state index in [1.165, 1.54) is 23.5 Å². The number of aromatic nitrogens is 2. The highest BCUT2D eigenvalue weighted by Crippen LogP contribution is 2.29. The highest BCUT2D eigenvalue weighted by molar-refractivity contribution is 7.20. The number of hydrogen-bond acceptors (Lipinski definition) is 4. The number of carbonyl (C=O) groups is 1. The summed E-state index contributed by atoms with van der Waals surface area (Å²) < 4.78 is 15.1. The molecule has 1 N–H and O–H groups in total. The summed E-state index contributed by atoms with van der Waals surface area (Å²) in [4.78, 5) is 16.6. The molecule has 0 saturated carbocycles. The molecule has 31 heavy (non-hydrogen) atoms. The first kappa shape index (κ1) is 21.2. The van der Waals surface area contributed by atoms with Crippen molar-refractivity contribution in [3.63, 3.8) is 0 Å². The van der Waals surface area contributed by atoms with E-state index in [1.807, 2.05) is 50.0 Å². The summed E-state index contributed by atoms with van der Waals surface area (Å²) >= 11 is 1.43. The summed E-state index contributed by atoms with van der Waals surface area (Å²) in [7, 11) is 4.02. The maximum Gasteiger partial charge on any atom is 0.261 e. The van der Waals surface area contributed by atoms with Crippen molar-refractivity contribution in [1.82, 2.24) is 20.0 Å². The Morgan fingerprint density at radius 1 is 1.16 bits per heavy atom. The fraction of sp³-hybridized carbons (Fsp3) is 0.250. The predicted octanol–water partition coefficient (Wildman–Crippen LogP) is 4.63. The lowest BCUT2D eigenvalue weighted by atomic mass is 10.1. The minimum atomic E-state index is -0.257. The fourth-order valence-corrected chi connectivity index (χ4v) is 4.72. The lowest BCUT2D eigenvalue weighted by molar-refractivity contribution is 0.0946. The van der Waals surface area contributed by atoms with Crippen molar-refractivity contribution in [2.45, 2.75) is 19.5 Å². The Kier molecular flexibility index (Phi) is 6.15. The first-order valence-corrected chi connectivity index (χ1v) is 10.9. The first-order valence-electron chi connectivity index (χ1n) is 10.1. The van der Waals surface area contributed by atoms with Crippen molar-refractivity contribution in [2.24, 2.45) is 0 Å². The molecule has 0 unspecified atom stereocenters. The van der Waals surface area contributed by atoms with Crippen LogP contribution in [0.4, 0.5) is 4.39 Å². The molecule has 4 aromatic rings. The number of rotatable bonds is 7. The molecular formula is C24H25FN4OS. The molecule has 4 rings (SSSR count). The van der Waals surface area contributed by atoms with Gasteiger partial charge in [-0.05, 0) is 50.3 Å². The fourth-order valence-electron chi connectivity index (χ4n) is 3.64. The van der Waals surface area contributed by atoms with Gasteiger partial charge in [0.2, 0.25) is 0 Å². The highest BCUT2D eigenvalue weighted by atomic mass is 32.1. The number of likely N-dealkylation sites (N-methyl/N-ethyl adjacent to an activating group) is 1. The van der Waals surface area contributed by atoms with E-state index in [-0.39, 0.29) is 17.8 Å². The van der Waals surface area contributed by atoms with E-state index in [2.05, 4.69) is 27.4 Å². The van der Waals surface area contributed by atoms with Crippen LogP contribution in [0.2, 0.25) is 0 Å². The Balaban J connectivity index is 1.51. The van der Waals surface area contributed by atoms with Gasteiger partial charge in [-0.3, -0.25) is 9.48 Å². The number of aryl methyl sites for hydroxylation is 1. The van der Waals surface area contributed by atoms with E-state index in [4.69, 9.17) is 0 Å². The summed E-state index contributed by atoms with van der Waals surface area (Å²) in [5, 5.41) is 8.66. The third-order valence-electron chi connectivity index (χ3n) is 5.34. The van der Waals surface area contributed by atoms with Crippen LogP contribution in [0.3, 0.4) is 0 Å². The van der Waals surface area contributed by atoms with E-state index in [0.717, 1.165) is 27.0 Å². The van der Waals surface area contributed by atoms with E-state index in [0.29, 0.717) is 18.0 Å². The molecule has 7 heteroatoms. The molecule has 2 aromatic heterocycles. The van der Waals surface area contributed by atoms with Gasteiger partial charge >= 0.3 is 0 Å². The summed E-state index contributed by atoms with van der Waals surface area (Å²) in [6.07, 6.45) is 0. The smallest absolute Gasteiger partial charge is 0.261 e. The molecule has 2 heterocycles. The minimum absolute atomic E-state index is 0.0864. The van der Waals surface area contributed by atoms with Crippen molar-refractivity contribution in [2.75, 3.05) is 20.6 Å². The number of hydrogen-bond donors (Lipinski definition) is 1. The summed E-state index contributed by atoms with van der Waals surface area (Å²) in [5.41, 5.74) is 3.00. The van der Waals surface area contributed by atoms with Gasteiger partial charge in [0.25, 0.3) is 5.91 Å². The standard InChI is InChI=1S/C24H25FN4OS/c1-16-20-13-22(23(30)26-14-21(28(2)3)18-7-5-4-6-8-18)31-24(20)29(27-16)15-17-9-11-19(25)12-10-17/h4-13,21H,14-15H2,1-3H3,(H,26,30)/t21-/m0/s1. The molecule has 0 bridgehead atoms. The lowest BCUT2D eigenvalue weighted by Gasteiger charge is -2.25. The molecule has 0 aliphatic heterocycles. The quantitative estimate of drug-likeness (QED) is 0.460. The second-order valence-corrected chi connectivity index (χ2v) is 8.83. The molecule has 1 atom stereocenters. The Bertz CT molecular complexity index is 1180. The van der Waals surface area contributed by atoms with Crippen molar-refractivity contribution in [3.05, 3.63) is 88.2 Å². The largest absolute Gasteiger partial charge is 0.349 e. The van der Waals surface area contributed by atoms with Gasteiger partial charge in [0.15, 0.2) is 0 Å². The van der Waals surface area contributed by atoms with Gasteiger partial charge in [0.1, 0.15) is 10.6 Å². The summed E-state index contributed by atoms with van der Waals surface area (Å²) in [6, 6.07) is 18.6. The Labute approximate surface area is 185 Å². The first-order chi connectivity index (χ1) is 14.9. The topological polar surface area (TPSA) is 50.2 Å². The van der Waals surface area contributed by atoms with Crippen LogP contribution in [0.1, 0.15) is 32.5 Å². The van der Waals surface area contributed by atoms with Crippen LogP contribution in [0.15, 0.2) is 60.7 Å². The van der Waals surface area contributed by atoms with E-state index in [9.17, 15) is 9.18 Å². The zero-order valence-corrected chi connectivity index (χ0v) is 18.6. The Morgan fingerprint density at radius 3 is 2.55 bits per heavy atom. The number of halogens is 1. The molecule has 1 amide bonds. The predicted molar refractivity (Wildman–Crippen MR) is 123 cm³/mol.